The van der Waals surface area contributed by atoms with Gasteiger partial charge in [-0.2, -0.15) is 0 Å². The SMILES string of the molecule is Oc1cccc(COc2cc(F)ccc2C#CCCCl)c1. The highest BCUT2D eigenvalue weighted by molar-refractivity contribution is 6.18. The van der Waals surface area contributed by atoms with Crippen LogP contribution < -0.4 is 4.74 Å². The molecule has 0 radical (unpaired) electrons. The van der Waals surface area contributed by atoms with Gasteiger partial charge in [-0.25, -0.2) is 4.39 Å². The van der Waals surface area contributed by atoms with E-state index < -0.39 is 0 Å². The fourth-order valence-corrected chi connectivity index (χ4v) is 1.83. The minimum absolute atomic E-state index is 0.164. The Labute approximate surface area is 128 Å². The molecule has 4 heteroatoms. The molecule has 108 valence electrons. The number of rotatable bonds is 4. The number of halogens is 2. The molecule has 0 spiro atoms. The van der Waals surface area contributed by atoms with Gasteiger partial charge in [-0.15, -0.1) is 11.6 Å². The predicted octanol–water partition coefficient (Wildman–Crippen LogP) is 4.09. The molecule has 21 heavy (non-hydrogen) atoms. The van der Waals surface area contributed by atoms with Gasteiger partial charge < -0.3 is 9.84 Å². The monoisotopic (exact) mass is 304 g/mol. The molecule has 0 fully saturated rings. The molecule has 0 unspecified atom stereocenters. The lowest BCUT2D eigenvalue weighted by molar-refractivity contribution is 0.303. The molecule has 2 rings (SSSR count). The Morgan fingerprint density at radius 1 is 1.19 bits per heavy atom. The topological polar surface area (TPSA) is 29.5 Å². The van der Waals surface area contributed by atoms with Gasteiger partial charge in [-0.3, -0.25) is 0 Å². The molecule has 0 amide bonds. The maximum atomic E-state index is 13.3. The van der Waals surface area contributed by atoms with E-state index in [0.717, 1.165) is 5.56 Å². The molecule has 0 saturated carbocycles. The van der Waals surface area contributed by atoms with E-state index in [1.54, 1.807) is 24.3 Å². The van der Waals surface area contributed by atoms with Crippen molar-refractivity contribution in [1.82, 2.24) is 0 Å². The van der Waals surface area contributed by atoms with Crippen molar-refractivity contribution in [2.45, 2.75) is 13.0 Å². The molecule has 0 aliphatic heterocycles. The van der Waals surface area contributed by atoms with Gasteiger partial charge >= 0.3 is 0 Å². The lowest BCUT2D eigenvalue weighted by atomic mass is 10.2. The first-order valence-corrected chi connectivity index (χ1v) is 6.97. The second-order valence-electron chi connectivity index (χ2n) is 4.34. The lowest BCUT2D eigenvalue weighted by Crippen LogP contribution is -1.98. The van der Waals surface area contributed by atoms with Crippen molar-refractivity contribution in [1.29, 1.82) is 0 Å². The van der Waals surface area contributed by atoms with Gasteiger partial charge in [0, 0.05) is 18.4 Å². The van der Waals surface area contributed by atoms with Crippen LogP contribution in [0, 0.1) is 17.7 Å². The summed E-state index contributed by atoms with van der Waals surface area (Å²) in [7, 11) is 0. The first kappa shape index (κ1) is 15.2. The summed E-state index contributed by atoms with van der Waals surface area (Å²) in [4.78, 5) is 0. The van der Waals surface area contributed by atoms with Crippen molar-refractivity contribution in [2.24, 2.45) is 0 Å². The summed E-state index contributed by atoms with van der Waals surface area (Å²) >= 11 is 5.57. The average molecular weight is 305 g/mol. The summed E-state index contributed by atoms with van der Waals surface area (Å²) in [6.45, 7) is 0.224. The van der Waals surface area contributed by atoms with E-state index in [4.69, 9.17) is 16.3 Å². The number of phenolic OH excluding ortho intramolecular Hbond substituents is 1. The number of aromatic hydroxyl groups is 1. The summed E-state index contributed by atoms with van der Waals surface area (Å²) in [5.41, 5.74) is 1.40. The fourth-order valence-electron chi connectivity index (χ4n) is 1.73. The van der Waals surface area contributed by atoms with E-state index in [9.17, 15) is 9.50 Å². The van der Waals surface area contributed by atoms with Gasteiger partial charge in [-0.1, -0.05) is 24.0 Å². The molecule has 0 heterocycles. The Morgan fingerprint density at radius 2 is 2.05 bits per heavy atom. The van der Waals surface area contributed by atoms with Crippen molar-refractivity contribution in [3.8, 4) is 23.3 Å². The zero-order chi connectivity index (χ0) is 15.1. The first-order valence-electron chi connectivity index (χ1n) is 6.44. The van der Waals surface area contributed by atoms with Crippen molar-refractivity contribution in [3.05, 3.63) is 59.4 Å². The Balaban J connectivity index is 2.15. The summed E-state index contributed by atoms with van der Waals surface area (Å²) in [5, 5.41) is 9.40. The number of benzene rings is 2. The van der Waals surface area contributed by atoms with Crippen LogP contribution >= 0.6 is 11.6 Å². The van der Waals surface area contributed by atoms with Gasteiger partial charge in [0.1, 0.15) is 23.9 Å². The van der Waals surface area contributed by atoms with Crippen molar-refractivity contribution in [2.75, 3.05) is 5.88 Å². The number of hydrogen-bond acceptors (Lipinski definition) is 2. The molecule has 2 nitrogen and oxygen atoms in total. The van der Waals surface area contributed by atoms with Crippen LogP contribution in [0.25, 0.3) is 0 Å². The van der Waals surface area contributed by atoms with Gasteiger partial charge in [0.05, 0.1) is 5.56 Å². The quantitative estimate of drug-likeness (QED) is 0.681. The van der Waals surface area contributed by atoms with Gasteiger partial charge in [0.2, 0.25) is 0 Å². The number of alkyl halides is 1. The molecular weight excluding hydrogens is 291 g/mol. The van der Waals surface area contributed by atoms with Crippen molar-refractivity contribution < 1.29 is 14.2 Å². The largest absolute Gasteiger partial charge is 0.508 e. The van der Waals surface area contributed by atoms with Crippen LogP contribution in [0.5, 0.6) is 11.5 Å². The lowest BCUT2D eigenvalue weighted by Gasteiger charge is -2.09. The molecule has 2 aromatic carbocycles. The standard InChI is InChI=1S/C17H14ClFO2/c18-9-2-1-5-14-7-8-15(19)11-17(14)21-12-13-4-3-6-16(20)10-13/h3-4,6-8,10-11,20H,2,9,12H2. The zero-order valence-electron chi connectivity index (χ0n) is 11.3. The number of ether oxygens (including phenoxy) is 1. The molecule has 0 aromatic heterocycles. The van der Waals surface area contributed by atoms with Crippen LogP contribution in [0.4, 0.5) is 4.39 Å². The summed E-state index contributed by atoms with van der Waals surface area (Å²) in [6, 6.07) is 10.9. The minimum Gasteiger partial charge on any atom is -0.508 e. The molecule has 0 aliphatic carbocycles. The molecule has 0 atom stereocenters. The number of phenols is 1. The van der Waals surface area contributed by atoms with Crippen LogP contribution in [0.15, 0.2) is 42.5 Å². The zero-order valence-corrected chi connectivity index (χ0v) is 12.0. The minimum atomic E-state index is -0.385. The van der Waals surface area contributed by atoms with E-state index in [1.807, 2.05) is 6.07 Å². The third-order valence-electron chi connectivity index (χ3n) is 2.69. The van der Waals surface area contributed by atoms with Crippen LogP contribution in [0.3, 0.4) is 0 Å². The first-order chi connectivity index (χ1) is 10.2. The highest BCUT2D eigenvalue weighted by Gasteiger charge is 2.04. The molecule has 2 aromatic rings. The molecule has 1 N–H and O–H groups in total. The van der Waals surface area contributed by atoms with E-state index in [0.29, 0.717) is 23.6 Å². The van der Waals surface area contributed by atoms with Crippen LogP contribution in [0.1, 0.15) is 17.5 Å². The Bertz CT molecular complexity index is 674. The Morgan fingerprint density at radius 3 is 2.81 bits per heavy atom. The fraction of sp³-hybridized carbons (Fsp3) is 0.176. The van der Waals surface area contributed by atoms with E-state index in [-0.39, 0.29) is 18.2 Å². The van der Waals surface area contributed by atoms with Crippen molar-refractivity contribution >= 4 is 11.6 Å². The predicted molar refractivity (Wildman–Crippen MR) is 81.1 cm³/mol. The maximum absolute atomic E-state index is 13.3. The smallest absolute Gasteiger partial charge is 0.138 e. The second kappa shape index (κ2) is 7.56. The Kier molecular flexibility index (Phi) is 5.48. The molecule has 0 aliphatic rings. The summed E-state index contributed by atoms with van der Waals surface area (Å²) in [6.07, 6.45) is 0.560. The maximum Gasteiger partial charge on any atom is 0.138 e. The summed E-state index contributed by atoms with van der Waals surface area (Å²) in [5.74, 6) is 6.41. The third-order valence-corrected chi connectivity index (χ3v) is 2.88. The highest BCUT2D eigenvalue weighted by atomic mass is 35.5. The normalized spacial score (nSPS) is 9.81. The third kappa shape index (κ3) is 4.70. The van der Waals surface area contributed by atoms with Gasteiger partial charge in [0.15, 0.2) is 0 Å². The van der Waals surface area contributed by atoms with Gasteiger partial charge in [-0.05, 0) is 29.8 Å². The van der Waals surface area contributed by atoms with E-state index >= 15 is 0 Å². The van der Waals surface area contributed by atoms with Gasteiger partial charge in [0.25, 0.3) is 0 Å². The van der Waals surface area contributed by atoms with Crippen molar-refractivity contribution in [3.63, 3.8) is 0 Å². The summed E-state index contributed by atoms with van der Waals surface area (Å²) < 4.78 is 18.9. The number of hydrogen-bond donors (Lipinski definition) is 1. The van der Waals surface area contributed by atoms with E-state index in [1.165, 1.54) is 12.1 Å². The Hall–Kier alpha value is -2.18. The van der Waals surface area contributed by atoms with Crippen LogP contribution in [-0.2, 0) is 6.61 Å². The van der Waals surface area contributed by atoms with Crippen LogP contribution in [-0.4, -0.2) is 11.0 Å². The highest BCUT2D eigenvalue weighted by Crippen LogP contribution is 2.21. The average Bonchev–Trinajstić information content (AvgIpc) is 2.47. The molecule has 0 saturated heterocycles. The van der Waals surface area contributed by atoms with E-state index in [2.05, 4.69) is 11.8 Å². The molecule has 0 bridgehead atoms. The molecular formula is C17H14ClFO2. The second-order valence-corrected chi connectivity index (χ2v) is 4.72. The van der Waals surface area contributed by atoms with Crippen LogP contribution in [0.2, 0.25) is 0 Å².